The van der Waals surface area contributed by atoms with Gasteiger partial charge in [0.15, 0.2) is 5.78 Å². The number of hydrogen-bond donors (Lipinski definition) is 2. The lowest BCUT2D eigenvalue weighted by Crippen LogP contribution is -2.00. The topological polar surface area (TPSA) is 57.5 Å². The van der Waals surface area contributed by atoms with Crippen molar-refractivity contribution in [3.63, 3.8) is 0 Å². The van der Waals surface area contributed by atoms with E-state index < -0.39 is 0 Å². The number of rotatable bonds is 6. The lowest BCUT2D eigenvalue weighted by Gasteiger charge is -2.07. The molecule has 2 N–H and O–H groups in total. The van der Waals surface area contributed by atoms with Gasteiger partial charge < -0.3 is 10.2 Å². The first-order valence-corrected chi connectivity index (χ1v) is 6.12. The smallest absolute Gasteiger partial charge is 0.166 e. The Kier molecular flexibility index (Phi) is 5.01. The molecule has 0 atom stereocenters. The van der Waals surface area contributed by atoms with Gasteiger partial charge in [0, 0.05) is 12.0 Å². The fourth-order valence-electron chi connectivity index (χ4n) is 1.76. The van der Waals surface area contributed by atoms with E-state index in [1.807, 2.05) is 0 Å². The van der Waals surface area contributed by atoms with Crippen molar-refractivity contribution in [3.05, 3.63) is 23.3 Å². The highest BCUT2D eigenvalue weighted by atomic mass is 16.3. The summed E-state index contributed by atoms with van der Waals surface area (Å²) in [6.07, 6.45) is 4.62. The van der Waals surface area contributed by atoms with Crippen LogP contribution >= 0.6 is 0 Å². The van der Waals surface area contributed by atoms with Gasteiger partial charge >= 0.3 is 0 Å². The molecular formula is C14H20O3. The van der Waals surface area contributed by atoms with Gasteiger partial charge in [-0.25, -0.2) is 0 Å². The number of aromatic hydroxyl groups is 2. The maximum atomic E-state index is 11.9. The number of ketones is 1. The predicted octanol–water partition coefficient (Wildman–Crippen LogP) is 3.56. The average molecular weight is 236 g/mol. The van der Waals surface area contributed by atoms with Gasteiger partial charge in [-0.15, -0.1) is 0 Å². The summed E-state index contributed by atoms with van der Waals surface area (Å²) in [6, 6.07) is 2.94. The summed E-state index contributed by atoms with van der Waals surface area (Å²) in [5.41, 5.74) is 0.682. The van der Waals surface area contributed by atoms with Gasteiger partial charge in [0.25, 0.3) is 0 Å². The fraction of sp³-hybridized carbons (Fsp3) is 0.500. The molecule has 0 saturated carbocycles. The number of phenolic OH excluding ortho intramolecular Hbond substituents is 2. The normalized spacial score (nSPS) is 10.5. The second-order valence-electron chi connectivity index (χ2n) is 4.34. The Hall–Kier alpha value is -1.51. The molecule has 0 bridgehead atoms. The van der Waals surface area contributed by atoms with Crippen molar-refractivity contribution in [2.24, 2.45) is 0 Å². The minimum absolute atomic E-state index is 0.0185. The second-order valence-corrected chi connectivity index (χ2v) is 4.34. The van der Waals surface area contributed by atoms with Crippen LogP contribution in [0.2, 0.25) is 0 Å². The first-order valence-electron chi connectivity index (χ1n) is 6.12. The van der Waals surface area contributed by atoms with Crippen molar-refractivity contribution >= 4 is 5.78 Å². The number of carbonyl (C=O) groups is 1. The summed E-state index contributed by atoms with van der Waals surface area (Å²) < 4.78 is 0. The van der Waals surface area contributed by atoms with E-state index in [0.717, 1.165) is 25.7 Å². The van der Waals surface area contributed by atoms with E-state index >= 15 is 0 Å². The van der Waals surface area contributed by atoms with Gasteiger partial charge in [0.05, 0.1) is 5.56 Å². The molecule has 3 nitrogen and oxygen atoms in total. The molecule has 0 aliphatic rings. The SMILES string of the molecule is CCCCCCC(=O)c1ccc(O)c(C)c1O. The Labute approximate surface area is 102 Å². The zero-order valence-electron chi connectivity index (χ0n) is 10.5. The van der Waals surface area contributed by atoms with Crippen LogP contribution < -0.4 is 0 Å². The molecule has 3 heteroatoms. The zero-order valence-corrected chi connectivity index (χ0v) is 10.5. The molecule has 1 aromatic carbocycles. The Morgan fingerprint density at radius 1 is 1.18 bits per heavy atom. The van der Waals surface area contributed by atoms with Crippen molar-refractivity contribution in [1.82, 2.24) is 0 Å². The molecule has 94 valence electrons. The molecule has 0 spiro atoms. The summed E-state index contributed by atoms with van der Waals surface area (Å²) in [5, 5.41) is 19.2. The maximum Gasteiger partial charge on any atom is 0.166 e. The van der Waals surface area contributed by atoms with Crippen LogP contribution in [0, 0.1) is 6.92 Å². The molecule has 0 saturated heterocycles. The van der Waals surface area contributed by atoms with E-state index in [2.05, 4.69) is 6.92 Å². The van der Waals surface area contributed by atoms with E-state index in [1.54, 1.807) is 6.92 Å². The molecule has 0 fully saturated rings. The van der Waals surface area contributed by atoms with Crippen LogP contribution in [0.1, 0.15) is 54.9 Å². The van der Waals surface area contributed by atoms with Crippen molar-refractivity contribution in [1.29, 1.82) is 0 Å². The lowest BCUT2D eigenvalue weighted by atomic mass is 10.0. The molecule has 0 unspecified atom stereocenters. The first-order chi connectivity index (χ1) is 8.07. The number of Topliss-reactive ketones (excluding diaryl/α,β-unsaturated/α-hetero) is 1. The summed E-state index contributed by atoms with van der Waals surface area (Å²) in [6.45, 7) is 3.72. The minimum Gasteiger partial charge on any atom is -0.508 e. The summed E-state index contributed by atoms with van der Waals surface area (Å²) in [4.78, 5) is 11.9. The van der Waals surface area contributed by atoms with Gasteiger partial charge in [-0.2, -0.15) is 0 Å². The van der Waals surface area contributed by atoms with Crippen molar-refractivity contribution in [2.45, 2.75) is 46.0 Å². The van der Waals surface area contributed by atoms with Gasteiger partial charge in [-0.3, -0.25) is 4.79 Å². The molecule has 0 aromatic heterocycles. The standard InChI is InChI=1S/C14H20O3/c1-3-4-5-6-7-13(16)11-8-9-12(15)10(2)14(11)17/h8-9,15,17H,3-7H2,1-2H3. The van der Waals surface area contributed by atoms with E-state index in [0.29, 0.717) is 17.5 Å². The van der Waals surface area contributed by atoms with Crippen LogP contribution in [0.3, 0.4) is 0 Å². The minimum atomic E-state index is -0.0921. The predicted molar refractivity (Wildman–Crippen MR) is 67.6 cm³/mol. The van der Waals surface area contributed by atoms with Gasteiger partial charge in [-0.1, -0.05) is 26.2 Å². The van der Waals surface area contributed by atoms with Crippen LogP contribution in [0.4, 0.5) is 0 Å². The van der Waals surface area contributed by atoms with Crippen LogP contribution in [-0.4, -0.2) is 16.0 Å². The van der Waals surface area contributed by atoms with E-state index in [4.69, 9.17) is 0 Å². The molecule has 0 heterocycles. The monoisotopic (exact) mass is 236 g/mol. The number of phenols is 2. The van der Waals surface area contributed by atoms with E-state index in [9.17, 15) is 15.0 Å². The number of benzene rings is 1. The van der Waals surface area contributed by atoms with Crippen molar-refractivity contribution in [2.75, 3.05) is 0 Å². The van der Waals surface area contributed by atoms with Gasteiger partial charge in [0.2, 0.25) is 0 Å². The summed E-state index contributed by atoms with van der Waals surface area (Å²) >= 11 is 0. The Bertz CT molecular complexity index is 397. The highest BCUT2D eigenvalue weighted by Crippen LogP contribution is 2.30. The summed E-state index contributed by atoms with van der Waals surface area (Å²) in [7, 11) is 0. The van der Waals surface area contributed by atoms with Crippen LogP contribution in [-0.2, 0) is 0 Å². The van der Waals surface area contributed by atoms with E-state index in [1.165, 1.54) is 12.1 Å². The highest BCUT2D eigenvalue weighted by molar-refractivity contribution is 5.99. The molecule has 0 aliphatic heterocycles. The lowest BCUT2D eigenvalue weighted by molar-refractivity contribution is 0.0976. The molecule has 1 aromatic rings. The second kappa shape index (κ2) is 6.28. The highest BCUT2D eigenvalue weighted by Gasteiger charge is 2.14. The van der Waals surface area contributed by atoms with Crippen LogP contribution in [0.5, 0.6) is 11.5 Å². The van der Waals surface area contributed by atoms with Crippen molar-refractivity contribution < 1.29 is 15.0 Å². The molecule has 1 rings (SSSR count). The van der Waals surface area contributed by atoms with Gasteiger partial charge in [-0.05, 0) is 25.5 Å². The number of carbonyl (C=O) groups excluding carboxylic acids is 1. The zero-order chi connectivity index (χ0) is 12.8. The maximum absolute atomic E-state index is 11.9. The molecule has 0 radical (unpaired) electrons. The Morgan fingerprint density at radius 3 is 2.53 bits per heavy atom. The Morgan fingerprint density at radius 2 is 1.88 bits per heavy atom. The molecule has 0 aliphatic carbocycles. The van der Waals surface area contributed by atoms with Crippen molar-refractivity contribution in [3.8, 4) is 11.5 Å². The van der Waals surface area contributed by atoms with Gasteiger partial charge in [0.1, 0.15) is 11.5 Å². The molecule has 17 heavy (non-hydrogen) atoms. The summed E-state index contributed by atoms with van der Waals surface area (Å²) in [5.74, 6) is -0.128. The number of unbranched alkanes of at least 4 members (excludes halogenated alkanes) is 3. The third kappa shape index (κ3) is 3.48. The van der Waals surface area contributed by atoms with Crippen LogP contribution in [0.25, 0.3) is 0 Å². The van der Waals surface area contributed by atoms with Crippen LogP contribution in [0.15, 0.2) is 12.1 Å². The number of hydrogen-bond acceptors (Lipinski definition) is 3. The largest absolute Gasteiger partial charge is 0.508 e. The molecule has 0 amide bonds. The third-order valence-corrected chi connectivity index (χ3v) is 2.96. The third-order valence-electron chi connectivity index (χ3n) is 2.96. The Balaban J connectivity index is 2.66. The molecular weight excluding hydrogens is 216 g/mol. The fourth-order valence-corrected chi connectivity index (χ4v) is 1.76. The first kappa shape index (κ1) is 13.6. The van der Waals surface area contributed by atoms with E-state index in [-0.39, 0.29) is 17.3 Å². The quantitative estimate of drug-likeness (QED) is 0.586. The average Bonchev–Trinajstić information content (AvgIpc) is 2.31.